The molecule has 2 heterocycles. The molecular weight excluding hydrogens is 292 g/mol. The smallest absolute Gasteiger partial charge is 0.205 e. The van der Waals surface area contributed by atoms with Gasteiger partial charge in [-0.1, -0.05) is 0 Å². The first kappa shape index (κ1) is 15.7. The zero-order chi connectivity index (χ0) is 16.2. The van der Waals surface area contributed by atoms with Crippen molar-refractivity contribution < 1.29 is 9.47 Å². The molecule has 1 aromatic heterocycles. The average molecular weight is 316 g/mol. The zero-order valence-electron chi connectivity index (χ0n) is 14.0. The molecule has 1 aromatic carbocycles. The van der Waals surface area contributed by atoms with Gasteiger partial charge in [0.25, 0.3) is 0 Å². The quantitative estimate of drug-likeness (QED) is 0.841. The van der Waals surface area contributed by atoms with Crippen LogP contribution in [0, 0.1) is 0 Å². The summed E-state index contributed by atoms with van der Waals surface area (Å²) in [5, 5.41) is 0. The van der Waals surface area contributed by atoms with E-state index in [0.29, 0.717) is 0 Å². The van der Waals surface area contributed by atoms with Crippen LogP contribution in [0.3, 0.4) is 0 Å². The second-order valence-electron chi connectivity index (χ2n) is 5.82. The fourth-order valence-corrected chi connectivity index (χ4v) is 2.98. The van der Waals surface area contributed by atoms with E-state index in [-0.39, 0.29) is 0 Å². The summed E-state index contributed by atoms with van der Waals surface area (Å²) in [5.41, 5.74) is 1.21. The van der Waals surface area contributed by atoms with Crippen LogP contribution in [0.5, 0.6) is 11.5 Å². The lowest BCUT2D eigenvalue weighted by Gasteiger charge is -2.35. The Morgan fingerprint density at radius 2 is 1.65 bits per heavy atom. The maximum absolute atomic E-state index is 5.35. The topological polar surface area (TPSA) is 42.8 Å². The van der Waals surface area contributed by atoms with Crippen molar-refractivity contribution in [1.29, 1.82) is 0 Å². The number of nitrogens with zero attached hydrogens (tertiary/aromatic N) is 4. The van der Waals surface area contributed by atoms with E-state index >= 15 is 0 Å². The summed E-state index contributed by atoms with van der Waals surface area (Å²) in [6, 6.07) is 6.06. The van der Waals surface area contributed by atoms with Crippen molar-refractivity contribution in [1.82, 2.24) is 14.5 Å². The second-order valence-corrected chi connectivity index (χ2v) is 5.82. The SMILES string of the molecule is COc1cc(CN2CCN(c3nccn3C)CC2)cc(OC)c1. The lowest BCUT2D eigenvalue weighted by Crippen LogP contribution is -2.46. The Kier molecular flexibility index (Phi) is 4.71. The Morgan fingerprint density at radius 1 is 1.00 bits per heavy atom. The summed E-state index contributed by atoms with van der Waals surface area (Å²) in [6.45, 7) is 4.93. The fourth-order valence-electron chi connectivity index (χ4n) is 2.98. The van der Waals surface area contributed by atoms with E-state index in [1.54, 1.807) is 14.2 Å². The molecule has 6 heteroatoms. The molecule has 1 aliphatic heterocycles. The van der Waals surface area contributed by atoms with Gasteiger partial charge in [-0.2, -0.15) is 0 Å². The van der Waals surface area contributed by atoms with Gasteiger partial charge in [0.15, 0.2) is 0 Å². The van der Waals surface area contributed by atoms with Crippen molar-refractivity contribution >= 4 is 5.95 Å². The van der Waals surface area contributed by atoms with Gasteiger partial charge in [-0.25, -0.2) is 4.98 Å². The van der Waals surface area contributed by atoms with Crippen molar-refractivity contribution in [3.8, 4) is 11.5 Å². The lowest BCUT2D eigenvalue weighted by molar-refractivity contribution is 0.247. The van der Waals surface area contributed by atoms with Crippen LogP contribution in [-0.4, -0.2) is 54.8 Å². The van der Waals surface area contributed by atoms with Crippen molar-refractivity contribution in [3.63, 3.8) is 0 Å². The van der Waals surface area contributed by atoms with Crippen LogP contribution in [-0.2, 0) is 13.6 Å². The summed E-state index contributed by atoms with van der Waals surface area (Å²) in [5.74, 6) is 2.73. The number of hydrogen-bond donors (Lipinski definition) is 0. The summed E-state index contributed by atoms with van der Waals surface area (Å²) < 4.78 is 12.8. The third kappa shape index (κ3) is 3.59. The molecule has 0 N–H and O–H groups in total. The van der Waals surface area contributed by atoms with Gasteiger partial charge in [-0.3, -0.25) is 4.90 Å². The van der Waals surface area contributed by atoms with E-state index in [1.807, 2.05) is 25.5 Å². The van der Waals surface area contributed by atoms with Gasteiger partial charge in [-0.15, -0.1) is 0 Å². The number of methoxy groups -OCH3 is 2. The summed E-state index contributed by atoms with van der Waals surface area (Å²) in [7, 11) is 5.41. The molecule has 0 radical (unpaired) electrons. The highest BCUT2D eigenvalue weighted by Gasteiger charge is 2.20. The molecule has 0 atom stereocenters. The molecule has 3 rings (SSSR count). The standard InChI is InChI=1S/C17H24N4O2/c1-19-5-4-18-17(19)21-8-6-20(7-9-21)13-14-10-15(22-2)12-16(11-14)23-3/h4-5,10-12H,6-9,13H2,1-3H3. The van der Waals surface area contributed by atoms with E-state index in [2.05, 4.69) is 31.5 Å². The van der Waals surface area contributed by atoms with Gasteiger partial charge >= 0.3 is 0 Å². The minimum absolute atomic E-state index is 0.839. The summed E-state index contributed by atoms with van der Waals surface area (Å²) in [4.78, 5) is 9.22. The van der Waals surface area contributed by atoms with Gasteiger partial charge < -0.3 is 18.9 Å². The summed E-state index contributed by atoms with van der Waals surface area (Å²) >= 11 is 0. The van der Waals surface area contributed by atoms with Gasteiger partial charge in [0, 0.05) is 58.2 Å². The molecule has 124 valence electrons. The number of benzene rings is 1. The maximum Gasteiger partial charge on any atom is 0.205 e. The van der Waals surface area contributed by atoms with Crippen LogP contribution in [0.4, 0.5) is 5.95 Å². The number of hydrogen-bond acceptors (Lipinski definition) is 5. The Hall–Kier alpha value is -2.21. The highest BCUT2D eigenvalue weighted by atomic mass is 16.5. The van der Waals surface area contributed by atoms with Gasteiger partial charge in [0.1, 0.15) is 11.5 Å². The predicted molar refractivity (Wildman–Crippen MR) is 90.2 cm³/mol. The van der Waals surface area contributed by atoms with Crippen LogP contribution in [0.2, 0.25) is 0 Å². The molecule has 1 saturated heterocycles. The van der Waals surface area contributed by atoms with Crippen molar-refractivity contribution in [2.45, 2.75) is 6.54 Å². The molecular formula is C17H24N4O2. The Bertz CT molecular complexity index is 626. The summed E-state index contributed by atoms with van der Waals surface area (Å²) in [6.07, 6.45) is 3.84. The van der Waals surface area contributed by atoms with Crippen molar-refractivity contribution in [2.24, 2.45) is 7.05 Å². The molecule has 6 nitrogen and oxygen atoms in total. The van der Waals surface area contributed by atoms with Crippen LogP contribution in [0.15, 0.2) is 30.6 Å². The molecule has 1 aliphatic rings. The molecule has 2 aromatic rings. The van der Waals surface area contributed by atoms with Gasteiger partial charge in [0.2, 0.25) is 5.95 Å². The number of rotatable bonds is 5. The van der Waals surface area contributed by atoms with E-state index < -0.39 is 0 Å². The minimum atomic E-state index is 0.839. The highest BCUT2D eigenvalue weighted by molar-refractivity contribution is 5.38. The van der Waals surface area contributed by atoms with E-state index in [4.69, 9.17) is 9.47 Å². The largest absolute Gasteiger partial charge is 0.497 e. The van der Waals surface area contributed by atoms with E-state index in [0.717, 1.165) is 50.2 Å². The minimum Gasteiger partial charge on any atom is -0.497 e. The first-order chi connectivity index (χ1) is 11.2. The number of ether oxygens (including phenoxy) is 2. The van der Waals surface area contributed by atoms with E-state index in [1.165, 1.54) is 5.56 Å². The van der Waals surface area contributed by atoms with Crippen LogP contribution >= 0.6 is 0 Å². The number of piperazine rings is 1. The van der Waals surface area contributed by atoms with E-state index in [9.17, 15) is 0 Å². The number of aromatic nitrogens is 2. The molecule has 0 spiro atoms. The van der Waals surface area contributed by atoms with Crippen molar-refractivity contribution in [2.75, 3.05) is 45.3 Å². The first-order valence-electron chi connectivity index (χ1n) is 7.86. The lowest BCUT2D eigenvalue weighted by atomic mass is 10.1. The monoisotopic (exact) mass is 316 g/mol. The molecule has 0 unspecified atom stereocenters. The Morgan fingerprint density at radius 3 is 2.17 bits per heavy atom. The maximum atomic E-state index is 5.35. The molecule has 0 aliphatic carbocycles. The molecule has 0 bridgehead atoms. The Balaban J connectivity index is 1.61. The number of anilines is 1. The number of aryl methyl sites for hydroxylation is 1. The third-order valence-corrected chi connectivity index (χ3v) is 4.27. The Labute approximate surface area is 137 Å². The highest BCUT2D eigenvalue weighted by Crippen LogP contribution is 2.24. The third-order valence-electron chi connectivity index (χ3n) is 4.27. The molecule has 0 saturated carbocycles. The van der Waals surface area contributed by atoms with Gasteiger partial charge in [-0.05, 0) is 17.7 Å². The van der Waals surface area contributed by atoms with Crippen LogP contribution < -0.4 is 14.4 Å². The van der Waals surface area contributed by atoms with Gasteiger partial charge in [0.05, 0.1) is 14.2 Å². The fraction of sp³-hybridized carbons (Fsp3) is 0.471. The number of imidazole rings is 1. The molecule has 1 fully saturated rings. The van der Waals surface area contributed by atoms with Crippen LogP contribution in [0.1, 0.15) is 5.56 Å². The second kappa shape index (κ2) is 6.91. The average Bonchev–Trinajstić information content (AvgIpc) is 3.01. The van der Waals surface area contributed by atoms with Crippen LogP contribution in [0.25, 0.3) is 0 Å². The normalized spacial score (nSPS) is 15.7. The van der Waals surface area contributed by atoms with Crippen molar-refractivity contribution in [3.05, 3.63) is 36.2 Å². The molecule has 0 amide bonds. The predicted octanol–water partition coefficient (Wildman–Crippen LogP) is 1.76. The molecule has 23 heavy (non-hydrogen) atoms. The zero-order valence-corrected chi connectivity index (χ0v) is 14.0. The first-order valence-corrected chi connectivity index (χ1v) is 7.86.